The van der Waals surface area contributed by atoms with Gasteiger partial charge in [-0.25, -0.2) is 19.3 Å². The third-order valence-corrected chi connectivity index (χ3v) is 4.01. The third kappa shape index (κ3) is 3.69. The summed E-state index contributed by atoms with van der Waals surface area (Å²) in [5.74, 6) is -0.433. The molecule has 0 radical (unpaired) electrons. The van der Waals surface area contributed by atoms with Crippen LogP contribution in [0.1, 0.15) is 16.1 Å². The van der Waals surface area contributed by atoms with Crippen LogP contribution in [0.3, 0.4) is 0 Å². The molecule has 3 aromatic rings. The van der Waals surface area contributed by atoms with Gasteiger partial charge in [0.25, 0.3) is 5.91 Å². The second-order valence-electron chi connectivity index (χ2n) is 6.29. The average Bonchev–Trinajstić information content (AvgIpc) is 2.61. The molecule has 8 heteroatoms. The molecule has 0 fully saturated rings. The average molecular weight is 366 g/mol. The number of hydrogen-bond donors (Lipinski definition) is 2. The van der Waals surface area contributed by atoms with E-state index in [-0.39, 0.29) is 17.4 Å². The fourth-order valence-electron chi connectivity index (χ4n) is 2.81. The maximum absolute atomic E-state index is 14.3. The van der Waals surface area contributed by atoms with Crippen molar-refractivity contribution in [3.05, 3.63) is 53.6 Å². The molecule has 0 unspecified atom stereocenters. The molecule has 7 nitrogen and oxygen atoms in total. The van der Waals surface area contributed by atoms with Crippen LogP contribution < -0.4 is 11.5 Å². The van der Waals surface area contributed by atoms with Crippen molar-refractivity contribution in [2.45, 2.75) is 6.92 Å². The number of amides is 1. The minimum Gasteiger partial charge on any atom is -0.384 e. The van der Waals surface area contributed by atoms with Gasteiger partial charge in [-0.15, -0.1) is 0 Å². The Morgan fingerprint density at radius 1 is 1.07 bits per heavy atom. The number of aryl methyl sites for hydroxylation is 1. The van der Waals surface area contributed by atoms with Crippen molar-refractivity contribution >= 4 is 17.7 Å². The summed E-state index contributed by atoms with van der Waals surface area (Å²) in [5, 5.41) is 0. The summed E-state index contributed by atoms with van der Waals surface area (Å²) in [6.07, 6.45) is 1.59. The molecule has 0 bridgehead atoms. The van der Waals surface area contributed by atoms with Crippen LogP contribution in [0.4, 0.5) is 16.2 Å². The van der Waals surface area contributed by atoms with E-state index in [2.05, 4.69) is 15.0 Å². The van der Waals surface area contributed by atoms with Gasteiger partial charge in [0.2, 0.25) is 5.95 Å². The molecule has 1 amide bonds. The first-order valence-corrected chi connectivity index (χ1v) is 8.15. The highest BCUT2D eigenvalue weighted by Gasteiger charge is 2.18. The third-order valence-electron chi connectivity index (χ3n) is 4.01. The van der Waals surface area contributed by atoms with E-state index in [9.17, 15) is 9.18 Å². The number of aromatic nitrogens is 3. The summed E-state index contributed by atoms with van der Waals surface area (Å²) in [6.45, 7) is 1.78. The molecule has 0 aliphatic rings. The molecule has 138 valence electrons. The summed E-state index contributed by atoms with van der Waals surface area (Å²) >= 11 is 0. The number of nitrogen functional groups attached to an aromatic ring is 2. The van der Waals surface area contributed by atoms with Gasteiger partial charge in [-0.1, -0.05) is 0 Å². The number of anilines is 2. The summed E-state index contributed by atoms with van der Waals surface area (Å²) in [4.78, 5) is 26.3. The lowest BCUT2D eigenvalue weighted by molar-refractivity contribution is 0.0827. The Morgan fingerprint density at radius 2 is 1.81 bits per heavy atom. The highest BCUT2D eigenvalue weighted by Crippen LogP contribution is 2.34. The van der Waals surface area contributed by atoms with Gasteiger partial charge in [0.1, 0.15) is 11.6 Å². The van der Waals surface area contributed by atoms with E-state index in [1.165, 1.54) is 17.0 Å². The maximum atomic E-state index is 14.3. The molecule has 0 aliphatic heterocycles. The lowest BCUT2D eigenvalue weighted by Gasteiger charge is -2.15. The van der Waals surface area contributed by atoms with Crippen LogP contribution in [0.2, 0.25) is 0 Å². The maximum Gasteiger partial charge on any atom is 0.253 e. The molecule has 0 aliphatic carbocycles. The smallest absolute Gasteiger partial charge is 0.253 e. The highest BCUT2D eigenvalue weighted by atomic mass is 19.1. The Labute approximate surface area is 155 Å². The Balaban J connectivity index is 2.26. The van der Waals surface area contributed by atoms with Crippen LogP contribution in [0.5, 0.6) is 0 Å². The molecule has 3 rings (SSSR count). The molecule has 4 N–H and O–H groups in total. The van der Waals surface area contributed by atoms with E-state index in [1.54, 1.807) is 45.4 Å². The van der Waals surface area contributed by atoms with E-state index in [1.807, 2.05) is 0 Å². The van der Waals surface area contributed by atoms with E-state index >= 15 is 0 Å². The van der Waals surface area contributed by atoms with Crippen molar-refractivity contribution < 1.29 is 9.18 Å². The van der Waals surface area contributed by atoms with Gasteiger partial charge in [0, 0.05) is 42.5 Å². The van der Waals surface area contributed by atoms with Crippen molar-refractivity contribution in [1.82, 2.24) is 19.9 Å². The van der Waals surface area contributed by atoms with Crippen LogP contribution in [-0.4, -0.2) is 39.9 Å². The van der Waals surface area contributed by atoms with Gasteiger partial charge >= 0.3 is 0 Å². The normalized spacial score (nSPS) is 10.7. The Bertz CT molecular complexity index is 1020. The zero-order valence-corrected chi connectivity index (χ0v) is 15.2. The number of nitrogens with zero attached hydrogens (tertiary/aromatic N) is 4. The monoisotopic (exact) mass is 366 g/mol. The minimum absolute atomic E-state index is 0.0550. The van der Waals surface area contributed by atoms with Crippen LogP contribution in [0, 0.1) is 12.7 Å². The standard InChI is InChI=1S/C19H19FN6O/c1-10-16(11-4-5-15(21)23-9-11)17(25-19(22)24-10)12-6-13(8-14(20)7-12)18(27)26(2)3/h4-9H,1-3H3,(H2,21,23)(H2,22,24,25). The SMILES string of the molecule is Cc1nc(N)nc(-c2cc(F)cc(C(=O)N(C)C)c2)c1-c1ccc(N)nc1. The second kappa shape index (κ2) is 6.99. The van der Waals surface area contributed by atoms with Crippen LogP contribution in [0.15, 0.2) is 36.5 Å². The summed E-state index contributed by atoms with van der Waals surface area (Å²) < 4.78 is 14.3. The van der Waals surface area contributed by atoms with Gasteiger partial charge in [0.05, 0.1) is 11.4 Å². The minimum atomic E-state index is -0.547. The van der Waals surface area contributed by atoms with Crippen molar-refractivity contribution in [3.63, 3.8) is 0 Å². The molecular formula is C19H19FN6O. The van der Waals surface area contributed by atoms with Crippen molar-refractivity contribution in [2.75, 3.05) is 25.6 Å². The zero-order chi connectivity index (χ0) is 19.7. The van der Waals surface area contributed by atoms with Crippen molar-refractivity contribution in [3.8, 4) is 22.4 Å². The molecular weight excluding hydrogens is 347 g/mol. The number of carbonyl (C=O) groups excluding carboxylic acids is 1. The molecule has 0 spiro atoms. The first kappa shape index (κ1) is 18.2. The molecule has 0 atom stereocenters. The molecule has 1 aromatic carbocycles. The Morgan fingerprint density at radius 3 is 2.44 bits per heavy atom. The molecule has 0 saturated carbocycles. The van der Waals surface area contributed by atoms with E-state index in [4.69, 9.17) is 11.5 Å². The fraction of sp³-hybridized carbons (Fsp3) is 0.158. The van der Waals surface area contributed by atoms with Gasteiger partial charge in [-0.3, -0.25) is 4.79 Å². The van der Waals surface area contributed by atoms with Crippen LogP contribution in [-0.2, 0) is 0 Å². The lowest BCUT2D eigenvalue weighted by atomic mass is 9.97. The van der Waals surface area contributed by atoms with Gasteiger partial charge < -0.3 is 16.4 Å². The van der Waals surface area contributed by atoms with E-state index < -0.39 is 5.82 Å². The van der Waals surface area contributed by atoms with E-state index in [0.717, 1.165) is 0 Å². The van der Waals surface area contributed by atoms with Gasteiger partial charge in [-0.05, 0) is 37.3 Å². The van der Waals surface area contributed by atoms with E-state index in [0.29, 0.717) is 33.9 Å². The zero-order valence-electron chi connectivity index (χ0n) is 15.2. The molecule has 27 heavy (non-hydrogen) atoms. The summed E-state index contributed by atoms with van der Waals surface area (Å²) in [6, 6.07) is 7.51. The number of benzene rings is 1. The van der Waals surface area contributed by atoms with Gasteiger partial charge in [0.15, 0.2) is 0 Å². The second-order valence-corrected chi connectivity index (χ2v) is 6.29. The Hall–Kier alpha value is -3.55. The van der Waals surface area contributed by atoms with Crippen LogP contribution >= 0.6 is 0 Å². The van der Waals surface area contributed by atoms with Crippen molar-refractivity contribution in [2.24, 2.45) is 0 Å². The predicted molar refractivity (Wildman–Crippen MR) is 102 cm³/mol. The number of carbonyl (C=O) groups is 1. The Kier molecular flexibility index (Phi) is 4.72. The summed E-state index contributed by atoms with van der Waals surface area (Å²) in [7, 11) is 3.20. The fourth-order valence-corrected chi connectivity index (χ4v) is 2.81. The predicted octanol–water partition coefficient (Wildman–Crippen LogP) is 2.52. The quantitative estimate of drug-likeness (QED) is 0.737. The van der Waals surface area contributed by atoms with Crippen molar-refractivity contribution in [1.29, 1.82) is 0 Å². The number of hydrogen-bond acceptors (Lipinski definition) is 6. The number of pyridine rings is 1. The number of nitrogens with two attached hydrogens (primary N) is 2. The summed E-state index contributed by atoms with van der Waals surface area (Å²) in [5.41, 5.74) is 14.5. The number of rotatable bonds is 3. The highest BCUT2D eigenvalue weighted by molar-refractivity contribution is 5.96. The van der Waals surface area contributed by atoms with Gasteiger partial charge in [-0.2, -0.15) is 0 Å². The molecule has 2 aromatic heterocycles. The molecule has 2 heterocycles. The first-order chi connectivity index (χ1) is 12.8. The lowest BCUT2D eigenvalue weighted by Crippen LogP contribution is -2.21. The first-order valence-electron chi connectivity index (χ1n) is 8.15. The van der Waals surface area contributed by atoms with Crippen LogP contribution in [0.25, 0.3) is 22.4 Å². The molecule has 0 saturated heterocycles. The topological polar surface area (TPSA) is 111 Å². The number of halogens is 1. The largest absolute Gasteiger partial charge is 0.384 e.